The van der Waals surface area contributed by atoms with Gasteiger partial charge in [0.15, 0.2) is 0 Å². The van der Waals surface area contributed by atoms with Crippen molar-refractivity contribution in [2.24, 2.45) is 0 Å². The van der Waals surface area contributed by atoms with E-state index in [1.54, 1.807) is 6.26 Å². The predicted molar refractivity (Wildman–Crippen MR) is 92.9 cm³/mol. The van der Waals surface area contributed by atoms with Gasteiger partial charge in [-0.05, 0) is 43.5 Å². The second-order valence-electron chi connectivity index (χ2n) is 5.71. The van der Waals surface area contributed by atoms with Gasteiger partial charge in [0.2, 0.25) is 5.91 Å². The lowest BCUT2D eigenvalue weighted by Gasteiger charge is -2.17. The lowest BCUT2D eigenvalue weighted by molar-refractivity contribution is -0.122. The molecule has 2 unspecified atom stereocenters. The van der Waals surface area contributed by atoms with Gasteiger partial charge in [-0.1, -0.05) is 30.3 Å². The number of benzene rings is 1. The zero-order valence-corrected chi connectivity index (χ0v) is 13.9. The number of nitrogens with one attached hydrogen (secondary N) is 2. The van der Waals surface area contributed by atoms with Crippen molar-refractivity contribution in [3.63, 3.8) is 0 Å². The molecule has 124 valence electrons. The van der Waals surface area contributed by atoms with Gasteiger partial charge in [0, 0.05) is 12.5 Å². The van der Waals surface area contributed by atoms with E-state index in [4.69, 9.17) is 4.42 Å². The molecule has 1 amide bonds. The molecule has 0 saturated carbocycles. The molecule has 2 N–H and O–H groups in total. The van der Waals surface area contributed by atoms with Crippen LogP contribution in [-0.4, -0.2) is 25.0 Å². The minimum atomic E-state index is -0.0150. The molecule has 0 bridgehead atoms. The van der Waals surface area contributed by atoms with Crippen LogP contribution in [0.5, 0.6) is 0 Å². The van der Waals surface area contributed by atoms with Crippen LogP contribution in [0.4, 0.5) is 0 Å². The number of furan rings is 1. The van der Waals surface area contributed by atoms with Crippen molar-refractivity contribution < 1.29 is 9.21 Å². The summed E-state index contributed by atoms with van der Waals surface area (Å²) in [6, 6.07) is 14.2. The SMILES string of the molecule is Cl.O=C(NCCC(c1ccccc1)c1ccco1)C1CCCN1. The van der Waals surface area contributed by atoms with Crippen LogP contribution in [0.2, 0.25) is 0 Å². The van der Waals surface area contributed by atoms with Crippen LogP contribution in [0.25, 0.3) is 0 Å². The van der Waals surface area contributed by atoms with Gasteiger partial charge in [-0.15, -0.1) is 12.4 Å². The molecule has 2 heterocycles. The van der Waals surface area contributed by atoms with E-state index in [2.05, 4.69) is 22.8 Å². The largest absolute Gasteiger partial charge is 0.469 e. The predicted octanol–water partition coefficient (Wildman–Crippen LogP) is 3.09. The summed E-state index contributed by atoms with van der Waals surface area (Å²) in [5.41, 5.74) is 1.21. The van der Waals surface area contributed by atoms with E-state index in [1.165, 1.54) is 5.56 Å². The molecule has 2 atom stereocenters. The molecule has 1 saturated heterocycles. The Labute approximate surface area is 143 Å². The summed E-state index contributed by atoms with van der Waals surface area (Å²) in [5.74, 6) is 1.23. The minimum absolute atomic E-state index is 0. The first-order chi connectivity index (χ1) is 10.8. The smallest absolute Gasteiger partial charge is 0.237 e. The molecule has 1 fully saturated rings. The van der Waals surface area contributed by atoms with E-state index in [-0.39, 0.29) is 30.3 Å². The summed E-state index contributed by atoms with van der Waals surface area (Å²) in [4.78, 5) is 12.1. The van der Waals surface area contributed by atoms with Crippen molar-refractivity contribution >= 4 is 18.3 Å². The second-order valence-corrected chi connectivity index (χ2v) is 5.71. The van der Waals surface area contributed by atoms with E-state index in [9.17, 15) is 4.79 Å². The molecule has 1 aliphatic heterocycles. The number of amides is 1. The molecule has 1 aromatic heterocycles. The summed E-state index contributed by atoms with van der Waals surface area (Å²) in [6.07, 6.45) is 4.55. The Bertz CT molecular complexity index is 580. The molecular weight excluding hydrogens is 312 g/mol. The highest BCUT2D eigenvalue weighted by Crippen LogP contribution is 2.27. The summed E-state index contributed by atoms with van der Waals surface area (Å²) >= 11 is 0. The van der Waals surface area contributed by atoms with Gasteiger partial charge in [0.1, 0.15) is 5.76 Å². The lowest BCUT2D eigenvalue weighted by Crippen LogP contribution is -2.41. The maximum absolute atomic E-state index is 12.1. The number of hydrogen-bond donors (Lipinski definition) is 2. The fourth-order valence-electron chi connectivity index (χ4n) is 3.02. The molecule has 1 aliphatic rings. The first-order valence-corrected chi connectivity index (χ1v) is 7.94. The second kappa shape index (κ2) is 8.75. The third-order valence-corrected chi connectivity index (χ3v) is 4.20. The molecule has 3 rings (SSSR count). The van der Waals surface area contributed by atoms with Crippen LogP contribution in [0.3, 0.4) is 0 Å². The molecule has 2 aromatic rings. The van der Waals surface area contributed by atoms with Crippen LogP contribution in [0.1, 0.15) is 36.5 Å². The van der Waals surface area contributed by atoms with Crippen molar-refractivity contribution in [3.8, 4) is 0 Å². The molecule has 4 nitrogen and oxygen atoms in total. The average molecular weight is 335 g/mol. The third kappa shape index (κ3) is 4.60. The van der Waals surface area contributed by atoms with Gasteiger partial charge in [0.25, 0.3) is 0 Å². The number of rotatable bonds is 6. The van der Waals surface area contributed by atoms with Crippen LogP contribution in [-0.2, 0) is 4.79 Å². The van der Waals surface area contributed by atoms with Crippen molar-refractivity contribution in [1.29, 1.82) is 0 Å². The van der Waals surface area contributed by atoms with Crippen molar-refractivity contribution in [3.05, 3.63) is 60.1 Å². The minimum Gasteiger partial charge on any atom is -0.469 e. The van der Waals surface area contributed by atoms with Gasteiger partial charge >= 0.3 is 0 Å². The average Bonchev–Trinajstić information content (AvgIpc) is 3.25. The van der Waals surface area contributed by atoms with Gasteiger partial charge in [0.05, 0.1) is 12.3 Å². The van der Waals surface area contributed by atoms with E-state index < -0.39 is 0 Å². The third-order valence-electron chi connectivity index (χ3n) is 4.20. The van der Waals surface area contributed by atoms with Crippen LogP contribution >= 0.6 is 12.4 Å². The van der Waals surface area contributed by atoms with Crippen molar-refractivity contribution in [2.45, 2.75) is 31.2 Å². The van der Waals surface area contributed by atoms with Gasteiger partial charge < -0.3 is 15.1 Å². The molecular formula is C18H23ClN2O2. The molecule has 0 spiro atoms. The quantitative estimate of drug-likeness (QED) is 0.853. The Morgan fingerprint density at radius 3 is 2.74 bits per heavy atom. The van der Waals surface area contributed by atoms with Crippen molar-refractivity contribution in [1.82, 2.24) is 10.6 Å². The highest BCUT2D eigenvalue weighted by Gasteiger charge is 2.22. The fourth-order valence-corrected chi connectivity index (χ4v) is 3.02. The number of carbonyl (C=O) groups is 1. The Kier molecular flexibility index (Phi) is 6.68. The topological polar surface area (TPSA) is 54.3 Å². The van der Waals surface area contributed by atoms with Crippen molar-refractivity contribution in [2.75, 3.05) is 13.1 Å². The molecule has 0 radical (unpaired) electrons. The van der Waals surface area contributed by atoms with Gasteiger partial charge in [-0.2, -0.15) is 0 Å². The molecule has 1 aromatic carbocycles. The first-order valence-electron chi connectivity index (χ1n) is 7.94. The summed E-state index contributed by atoms with van der Waals surface area (Å²) in [7, 11) is 0. The maximum atomic E-state index is 12.1. The maximum Gasteiger partial charge on any atom is 0.237 e. The zero-order valence-electron chi connectivity index (χ0n) is 13.0. The lowest BCUT2D eigenvalue weighted by atomic mass is 9.93. The zero-order chi connectivity index (χ0) is 15.2. The van der Waals surface area contributed by atoms with E-state index in [0.29, 0.717) is 6.54 Å². The van der Waals surface area contributed by atoms with E-state index >= 15 is 0 Å². The molecule has 23 heavy (non-hydrogen) atoms. The van der Waals surface area contributed by atoms with E-state index in [0.717, 1.165) is 31.6 Å². The standard InChI is InChI=1S/C18H22N2O2.ClH/c21-18(16-8-4-11-19-16)20-12-10-15(17-9-5-13-22-17)14-6-2-1-3-7-14;/h1-3,5-7,9,13,15-16,19H,4,8,10-12H2,(H,20,21);1H. The van der Waals surface area contributed by atoms with Crippen LogP contribution < -0.4 is 10.6 Å². The Morgan fingerprint density at radius 2 is 2.09 bits per heavy atom. The summed E-state index contributed by atoms with van der Waals surface area (Å²) < 4.78 is 5.58. The highest BCUT2D eigenvalue weighted by atomic mass is 35.5. The number of hydrogen-bond acceptors (Lipinski definition) is 3. The number of halogens is 1. The van der Waals surface area contributed by atoms with Gasteiger partial charge in [-0.3, -0.25) is 4.79 Å². The normalized spacial score (nSPS) is 18.2. The first kappa shape index (κ1) is 17.6. The Morgan fingerprint density at radius 1 is 1.26 bits per heavy atom. The molecule has 5 heteroatoms. The van der Waals surface area contributed by atoms with E-state index in [1.807, 2.05) is 30.3 Å². The Balaban J connectivity index is 0.00000192. The fraction of sp³-hybridized carbons (Fsp3) is 0.389. The summed E-state index contributed by atoms with van der Waals surface area (Å²) in [6.45, 7) is 1.59. The monoisotopic (exact) mass is 334 g/mol. The van der Waals surface area contributed by atoms with Crippen LogP contribution in [0.15, 0.2) is 53.1 Å². The summed E-state index contributed by atoms with van der Waals surface area (Å²) in [5, 5.41) is 6.27. The van der Waals surface area contributed by atoms with Gasteiger partial charge in [-0.25, -0.2) is 0 Å². The Hall–Kier alpha value is -1.78. The number of carbonyl (C=O) groups excluding carboxylic acids is 1. The highest BCUT2D eigenvalue weighted by molar-refractivity contribution is 5.85. The van der Waals surface area contributed by atoms with Crippen LogP contribution in [0, 0.1) is 0 Å². The molecule has 0 aliphatic carbocycles.